The third-order valence-corrected chi connectivity index (χ3v) is 6.37. The first-order chi connectivity index (χ1) is 18.6. The molecular formula is C28H29N5O5. The van der Waals surface area contributed by atoms with Crippen LogP contribution < -0.4 is 15.4 Å². The number of benzene rings is 2. The molecule has 1 amide bonds. The third kappa shape index (κ3) is 6.03. The SMILES string of the molecule is O=C(NC(Cn1ncc2c(OCCc3ccc4c(n3)NCCC4)cccc21)C(=O)O)OCc1ccccc1. The van der Waals surface area contributed by atoms with Gasteiger partial charge in [0.15, 0.2) is 0 Å². The molecule has 1 aliphatic heterocycles. The van der Waals surface area contributed by atoms with E-state index in [0.29, 0.717) is 24.3 Å². The average molecular weight is 516 g/mol. The number of carbonyl (C=O) groups excluding carboxylic acids is 1. The highest BCUT2D eigenvalue weighted by molar-refractivity contribution is 5.85. The summed E-state index contributed by atoms with van der Waals surface area (Å²) >= 11 is 0. The van der Waals surface area contributed by atoms with Crippen molar-refractivity contribution in [2.24, 2.45) is 0 Å². The van der Waals surface area contributed by atoms with Gasteiger partial charge in [-0.15, -0.1) is 0 Å². The van der Waals surface area contributed by atoms with Crippen LogP contribution in [0.4, 0.5) is 10.6 Å². The number of ether oxygens (including phenoxy) is 2. The quantitative estimate of drug-likeness (QED) is 0.291. The standard InChI is InChI=1S/C28H29N5O5/c34-27(35)23(32-28(36)38-18-19-6-2-1-3-7-19)17-33-24-9-4-10-25(22(24)16-30-33)37-15-13-21-12-11-20-8-5-14-29-26(20)31-21/h1-4,6-7,9-12,16,23H,5,8,13-15,17-18H2,(H,29,31)(H,32,36)(H,34,35). The lowest BCUT2D eigenvalue weighted by atomic mass is 10.1. The highest BCUT2D eigenvalue weighted by Gasteiger charge is 2.23. The van der Waals surface area contributed by atoms with Crippen molar-refractivity contribution in [2.75, 3.05) is 18.5 Å². The van der Waals surface area contributed by atoms with Crippen LogP contribution >= 0.6 is 0 Å². The van der Waals surface area contributed by atoms with Gasteiger partial charge in [-0.05, 0) is 42.2 Å². The summed E-state index contributed by atoms with van der Waals surface area (Å²) in [5.41, 5.74) is 3.70. The molecule has 0 radical (unpaired) electrons. The molecule has 10 nitrogen and oxygen atoms in total. The number of anilines is 1. The molecule has 0 saturated heterocycles. The maximum atomic E-state index is 12.2. The number of carboxylic acid groups (broad SMARTS) is 1. The van der Waals surface area contributed by atoms with Crippen molar-refractivity contribution in [3.8, 4) is 5.75 Å². The fraction of sp³-hybridized carbons (Fsp3) is 0.286. The number of carboxylic acids is 1. The van der Waals surface area contributed by atoms with E-state index in [1.165, 1.54) is 10.2 Å². The van der Waals surface area contributed by atoms with Gasteiger partial charge in [0.25, 0.3) is 0 Å². The summed E-state index contributed by atoms with van der Waals surface area (Å²) in [6, 6.07) is 17.6. The molecule has 196 valence electrons. The number of hydrogen-bond donors (Lipinski definition) is 3. The van der Waals surface area contributed by atoms with Crippen molar-refractivity contribution in [1.82, 2.24) is 20.1 Å². The van der Waals surface area contributed by atoms with E-state index in [-0.39, 0.29) is 13.2 Å². The first-order valence-electron chi connectivity index (χ1n) is 12.6. The Labute approximate surface area is 219 Å². The van der Waals surface area contributed by atoms with Crippen LogP contribution in [0.5, 0.6) is 5.75 Å². The molecule has 0 saturated carbocycles. The van der Waals surface area contributed by atoms with Crippen molar-refractivity contribution in [2.45, 2.75) is 38.5 Å². The Morgan fingerprint density at radius 1 is 1.11 bits per heavy atom. The second-order valence-electron chi connectivity index (χ2n) is 9.05. The Hall–Kier alpha value is -4.60. The first-order valence-corrected chi connectivity index (χ1v) is 12.6. The van der Waals surface area contributed by atoms with E-state index in [4.69, 9.17) is 14.5 Å². The molecule has 38 heavy (non-hydrogen) atoms. The predicted octanol–water partition coefficient (Wildman–Crippen LogP) is 3.79. The summed E-state index contributed by atoms with van der Waals surface area (Å²) in [4.78, 5) is 28.8. The largest absolute Gasteiger partial charge is 0.492 e. The van der Waals surface area contributed by atoms with Gasteiger partial charge in [-0.3, -0.25) is 4.68 Å². The Bertz CT molecular complexity index is 1420. The molecule has 2 aromatic heterocycles. The number of aliphatic carboxylic acids is 1. The number of alkyl carbamates (subject to hydrolysis) is 1. The molecule has 1 unspecified atom stereocenters. The zero-order chi connectivity index (χ0) is 26.3. The summed E-state index contributed by atoms with van der Waals surface area (Å²) in [5, 5.41) is 20.6. The smallest absolute Gasteiger partial charge is 0.408 e. The number of carbonyl (C=O) groups is 2. The fourth-order valence-corrected chi connectivity index (χ4v) is 4.39. The van der Waals surface area contributed by atoms with E-state index in [1.54, 1.807) is 6.20 Å². The monoisotopic (exact) mass is 515 g/mol. The van der Waals surface area contributed by atoms with Crippen LogP contribution in [0.2, 0.25) is 0 Å². The number of fused-ring (bicyclic) bond motifs is 2. The minimum Gasteiger partial charge on any atom is -0.492 e. The third-order valence-electron chi connectivity index (χ3n) is 6.37. The molecule has 3 heterocycles. The first kappa shape index (κ1) is 25.1. The number of nitrogens with one attached hydrogen (secondary N) is 2. The molecule has 0 spiro atoms. The number of aromatic nitrogens is 3. The molecule has 1 aliphatic rings. The summed E-state index contributed by atoms with van der Waals surface area (Å²) in [6.07, 6.45) is 3.64. The van der Waals surface area contributed by atoms with E-state index in [1.807, 2.05) is 54.6 Å². The lowest BCUT2D eigenvalue weighted by Crippen LogP contribution is -2.44. The Balaban J connectivity index is 1.20. The summed E-state index contributed by atoms with van der Waals surface area (Å²) in [7, 11) is 0. The molecule has 0 bridgehead atoms. The minimum atomic E-state index is -1.23. The van der Waals surface area contributed by atoms with Gasteiger partial charge in [0, 0.05) is 18.7 Å². The van der Waals surface area contributed by atoms with Gasteiger partial charge in [-0.25, -0.2) is 14.6 Å². The molecule has 5 rings (SSSR count). The van der Waals surface area contributed by atoms with Gasteiger partial charge < -0.3 is 25.2 Å². The maximum Gasteiger partial charge on any atom is 0.408 e. The molecule has 2 aromatic carbocycles. The zero-order valence-corrected chi connectivity index (χ0v) is 20.8. The van der Waals surface area contributed by atoms with Crippen molar-refractivity contribution in [1.29, 1.82) is 0 Å². The highest BCUT2D eigenvalue weighted by Crippen LogP contribution is 2.26. The van der Waals surface area contributed by atoms with Crippen molar-refractivity contribution < 1.29 is 24.2 Å². The molecular weight excluding hydrogens is 486 g/mol. The van der Waals surface area contributed by atoms with Crippen LogP contribution in [0, 0.1) is 0 Å². The van der Waals surface area contributed by atoms with E-state index in [0.717, 1.165) is 41.8 Å². The Kier molecular flexibility index (Phi) is 7.67. The van der Waals surface area contributed by atoms with Crippen molar-refractivity contribution >= 4 is 28.8 Å². The molecule has 0 aliphatic carbocycles. The number of nitrogens with zero attached hydrogens (tertiary/aromatic N) is 3. The van der Waals surface area contributed by atoms with Gasteiger partial charge in [-0.2, -0.15) is 5.10 Å². The van der Waals surface area contributed by atoms with Gasteiger partial charge >= 0.3 is 12.1 Å². The molecule has 4 aromatic rings. The van der Waals surface area contributed by atoms with Crippen molar-refractivity contribution in [3.05, 3.63) is 83.7 Å². The maximum absolute atomic E-state index is 12.2. The molecule has 10 heteroatoms. The van der Waals surface area contributed by atoms with Crippen molar-refractivity contribution in [3.63, 3.8) is 0 Å². The molecule has 1 atom stereocenters. The van der Waals surface area contributed by atoms with E-state index in [2.05, 4.69) is 21.8 Å². The lowest BCUT2D eigenvalue weighted by molar-refractivity contribution is -0.139. The normalized spacial score (nSPS) is 13.3. The second kappa shape index (κ2) is 11.6. The molecule has 3 N–H and O–H groups in total. The zero-order valence-electron chi connectivity index (χ0n) is 20.8. The summed E-state index contributed by atoms with van der Waals surface area (Å²) < 4.78 is 12.8. The lowest BCUT2D eigenvalue weighted by Gasteiger charge is -2.17. The highest BCUT2D eigenvalue weighted by atomic mass is 16.5. The van der Waals surface area contributed by atoms with Crippen LogP contribution in [-0.2, 0) is 35.5 Å². The van der Waals surface area contributed by atoms with Crippen LogP contribution in [-0.4, -0.2) is 51.1 Å². The second-order valence-corrected chi connectivity index (χ2v) is 9.05. The van der Waals surface area contributed by atoms with Crippen LogP contribution in [0.25, 0.3) is 10.9 Å². The number of rotatable bonds is 10. The van der Waals surface area contributed by atoms with E-state index >= 15 is 0 Å². The Morgan fingerprint density at radius 3 is 2.82 bits per heavy atom. The summed E-state index contributed by atoms with van der Waals surface area (Å²) in [5.74, 6) is 0.416. The number of aryl methyl sites for hydroxylation is 1. The van der Waals surface area contributed by atoms with E-state index in [9.17, 15) is 14.7 Å². The van der Waals surface area contributed by atoms with Gasteiger partial charge in [0.2, 0.25) is 0 Å². The Morgan fingerprint density at radius 2 is 1.97 bits per heavy atom. The van der Waals surface area contributed by atoms with Gasteiger partial charge in [0.1, 0.15) is 24.2 Å². The van der Waals surface area contributed by atoms with Gasteiger partial charge in [0.05, 0.1) is 30.3 Å². The van der Waals surface area contributed by atoms with Crippen LogP contribution in [0.3, 0.4) is 0 Å². The fourth-order valence-electron chi connectivity index (χ4n) is 4.39. The predicted molar refractivity (Wildman–Crippen MR) is 141 cm³/mol. The number of amides is 1. The van der Waals surface area contributed by atoms with Crippen LogP contribution in [0.1, 0.15) is 23.2 Å². The minimum absolute atomic E-state index is 0.0436. The van der Waals surface area contributed by atoms with Crippen LogP contribution in [0.15, 0.2) is 66.9 Å². The molecule has 0 fully saturated rings. The number of pyridine rings is 1. The number of hydrogen-bond acceptors (Lipinski definition) is 7. The topological polar surface area (TPSA) is 128 Å². The van der Waals surface area contributed by atoms with Gasteiger partial charge in [-0.1, -0.05) is 42.5 Å². The summed E-state index contributed by atoms with van der Waals surface area (Å²) in [6.45, 7) is 1.35. The van der Waals surface area contributed by atoms with E-state index < -0.39 is 18.1 Å². The average Bonchev–Trinajstić information content (AvgIpc) is 3.35.